The first-order valence-corrected chi connectivity index (χ1v) is 9.05. The molecule has 3 rings (SSSR count). The second-order valence-electron chi connectivity index (χ2n) is 5.36. The third-order valence-electron chi connectivity index (χ3n) is 3.80. The van der Waals surface area contributed by atoms with Crippen LogP contribution in [0, 0.1) is 4.77 Å². The van der Waals surface area contributed by atoms with E-state index < -0.39 is 0 Å². The van der Waals surface area contributed by atoms with Crippen LogP contribution in [0.15, 0.2) is 46.0 Å². The average Bonchev–Trinajstić information content (AvgIpc) is 3.06. The van der Waals surface area contributed by atoms with E-state index in [0.29, 0.717) is 27.8 Å². The highest BCUT2D eigenvalue weighted by molar-refractivity contribution is 9.10. The first-order chi connectivity index (χ1) is 13.1. The van der Waals surface area contributed by atoms with Crippen molar-refractivity contribution in [2.24, 2.45) is 5.10 Å². The van der Waals surface area contributed by atoms with Gasteiger partial charge in [0.15, 0.2) is 17.3 Å². The molecule has 0 unspecified atom stereocenters. The predicted octanol–water partition coefficient (Wildman–Crippen LogP) is 4.28. The Morgan fingerprint density at radius 1 is 1.04 bits per heavy atom. The maximum atomic E-state index is 5.37. The number of H-pyrrole nitrogens is 1. The molecule has 0 spiro atoms. The van der Waals surface area contributed by atoms with Crippen LogP contribution in [0.5, 0.6) is 17.2 Å². The molecule has 1 aromatic heterocycles. The van der Waals surface area contributed by atoms with Crippen LogP contribution in [0.25, 0.3) is 11.4 Å². The Bertz CT molecular complexity index is 1050. The van der Waals surface area contributed by atoms with E-state index in [9.17, 15) is 0 Å². The van der Waals surface area contributed by atoms with E-state index in [1.165, 1.54) is 4.68 Å². The monoisotopic (exact) mass is 448 g/mol. The third-order valence-corrected chi connectivity index (χ3v) is 4.55. The highest BCUT2D eigenvalue weighted by Crippen LogP contribution is 2.31. The molecule has 0 aliphatic carbocycles. The molecule has 140 valence electrons. The molecule has 0 atom stereocenters. The molecule has 0 saturated carbocycles. The van der Waals surface area contributed by atoms with Crippen molar-refractivity contribution in [2.75, 3.05) is 21.3 Å². The second-order valence-corrected chi connectivity index (χ2v) is 6.67. The number of methoxy groups -OCH3 is 3. The number of aromatic amines is 1. The molecular weight excluding hydrogens is 432 g/mol. The van der Waals surface area contributed by atoms with Crippen LogP contribution in [-0.4, -0.2) is 42.4 Å². The zero-order chi connectivity index (χ0) is 19.4. The van der Waals surface area contributed by atoms with Crippen molar-refractivity contribution < 1.29 is 14.2 Å². The normalized spacial score (nSPS) is 11.0. The first kappa shape index (κ1) is 19.1. The van der Waals surface area contributed by atoms with Crippen LogP contribution in [0.2, 0.25) is 0 Å². The largest absolute Gasteiger partial charge is 0.496 e. The second kappa shape index (κ2) is 8.36. The number of aromatic nitrogens is 3. The fourth-order valence-electron chi connectivity index (χ4n) is 2.49. The van der Waals surface area contributed by atoms with Crippen LogP contribution < -0.4 is 14.2 Å². The lowest BCUT2D eigenvalue weighted by Crippen LogP contribution is -1.98. The van der Waals surface area contributed by atoms with Gasteiger partial charge in [-0.25, -0.2) is 5.10 Å². The topological polar surface area (TPSA) is 73.7 Å². The standard InChI is InChI=1S/C18H17BrN4O3S/c1-24-14-7-5-13(19)8-12(14)10-20-23-17(21-22-18(23)27)11-4-6-15(25-2)16(9-11)26-3/h4-10H,1-3H3,(H,22,27)/b20-10-. The van der Waals surface area contributed by atoms with Crippen LogP contribution in [-0.2, 0) is 0 Å². The van der Waals surface area contributed by atoms with Crippen molar-refractivity contribution in [3.05, 3.63) is 51.2 Å². The number of ether oxygens (including phenoxy) is 3. The minimum Gasteiger partial charge on any atom is -0.496 e. The van der Waals surface area contributed by atoms with E-state index in [-0.39, 0.29) is 0 Å². The molecule has 0 aliphatic heterocycles. The molecule has 9 heteroatoms. The van der Waals surface area contributed by atoms with E-state index in [4.69, 9.17) is 26.4 Å². The number of benzene rings is 2. The van der Waals surface area contributed by atoms with Gasteiger partial charge in [0.1, 0.15) is 5.75 Å². The fourth-order valence-corrected chi connectivity index (χ4v) is 3.05. The summed E-state index contributed by atoms with van der Waals surface area (Å²) >= 11 is 8.77. The van der Waals surface area contributed by atoms with E-state index in [0.717, 1.165) is 15.6 Å². The van der Waals surface area contributed by atoms with Crippen molar-refractivity contribution in [1.29, 1.82) is 0 Å². The maximum Gasteiger partial charge on any atom is 0.216 e. The van der Waals surface area contributed by atoms with Gasteiger partial charge in [-0.1, -0.05) is 15.9 Å². The fraction of sp³-hybridized carbons (Fsp3) is 0.167. The molecule has 1 N–H and O–H groups in total. The highest BCUT2D eigenvalue weighted by Gasteiger charge is 2.12. The molecule has 27 heavy (non-hydrogen) atoms. The van der Waals surface area contributed by atoms with Gasteiger partial charge in [0.2, 0.25) is 4.77 Å². The Labute approximate surface area is 169 Å². The predicted molar refractivity (Wildman–Crippen MR) is 110 cm³/mol. The molecule has 0 fully saturated rings. The van der Waals surface area contributed by atoms with Crippen molar-refractivity contribution in [2.45, 2.75) is 0 Å². The van der Waals surface area contributed by atoms with Gasteiger partial charge < -0.3 is 14.2 Å². The van der Waals surface area contributed by atoms with Gasteiger partial charge in [0, 0.05) is 15.6 Å². The lowest BCUT2D eigenvalue weighted by molar-refractivity contribution is 0.355. The Kier molecular flexibility index (Phi) is 5.92. The Morgan fingerprint density at radius 3 is 2.44 bits per heavy atom. The van der Waals surface area contributed by atoms with Crippen molar-refractivity contribution in [1.82, 2.24) is 14.9 Å². The van der Waals surface area contributed by atoms with Gasteiger partial charge in [0.05, 0.1) is 27.5 Å². The van der Waals surface area contributed by atoms with Crippen LogP contribution >= 0.6 is 28.1 Å². The smallest absolute Gasteiger partial charge is 0.216 e. The molecule has 0 saturated heterocycles. The number of rotatable bonds is 6. The summed E-state index contributed by atoms with van der Waals surface area (Å²) in [6.07, 6.45) is 1.67. The zero-order valence-electron chi connectivity index (χ0n) is 14.9. The van der Waals surface area contributed by atoms with E-state index in [2.05, 4.69) is 31.2 Å². The van der Waals surface area contributed by atoms with Gasteiger partial charge in [-0.2, -0.15) is 14.9 Å². The van der Waals surface area contributed by atoms with E-state index in [1.807, 2.05) is 30.3 Å². The molecule has 3 aromatic rings. The van der Waals surface area contributed by atoms with Crippen molar-refractivity contribution in [3.8, 4) is 28.6 Å². The van der Waals surface area contributed by atoms with Gasteiger partial charge >= 0.3 is 0 Å². The lowest BCUT2D eigenvalue weighted by atomic mass is 10.2. The number of nitrogens with zero attached hydrogens (tertiary/aromatic N) is 3. The van der Waals surface area contributed by atoms with Gasteiger partial charge in [-0.05, 0) is 48.6 Å². The number of hydrogen-bond acceptors (Lipinski definition) is 6. The summed E-state index contributed by atoms with van der Waals surface area (Å²) in [5, 5.41) is 11.5. The summed E-state index contributed by atoms with van der Waals surface area (Å²) in [7, 11) is 4.78. The zero-order valence-corrected chi connectivity index (χ0v) is 17.3. The molecule has 0 aliphatic rings. The van der Waals surface area contributed by atoms with E-state index in [1.54, 1.807) is 33.6 Å². The number of nitrogens with one attached hydrogen (secondary N) is 1. The van der Waals surface area contributed by atoms with Crippen LogP contribution in [0.3, 0.4) is 0 Å². The number of hydrogen-bond donors (Lipinski definition) is 1. The Morgan fingerprint density at radius 2 is 1.74 bits per heavy atom. The Hall–Kier alpha value is -2.65. The minimum absolute atomic E-state index is 0.366. The van der Waals surface area contributed by atoms with Crippen LogP contribution in [0.4, 0.5) is 0 Å². The summed E-state index contributed by atoms with van der Waals surface area (Å²) in [6.45, 7) is 0. The summed E-state index contributed by atoms with van der Waals surface area (Å²) < 4.78 is 18.8. The summed E-state index contributed by atoms with van der Waals surface area (Å²) in [5.74, 6) is 2.47. The molecule has 0 bridgehead atoms. The van der Waals surface area contributed by atoms with Gasteiger partial charge in [-0.15, -0.1) is 0 Å². The van der Waals surface area contributed by atoms with Gasteiger partial charge in [-0.3, -0.25) is 0 Å². The summed E-state index contributed by atoms with van der Waals surface area (Å²) in [5.41, 5.74) is 1.58. The number of halogens is 1. The maximum absolute atomic E-state index is 5.37. The summed E-state index contributed by atoms with van der Waals surface area (Å²) in [4.78, 5) is 0. The van der Waals surface area contributed by atoms with Gasteiger partial charge in [0.25, 0.3) is 0 Å². The SMILES string of the molecule is COc1ccc(Br)cc1/C=N\n1c(-c2ccc(OC)c(OC)c2)n[nH]c1=S. The molecular formula is C18H17BrN4O3S. The molecule has 0 radical (unpaired) electrons. The van der Waals surface area contributed by atoms with Crippen molar-refractivity contribution in [3.63, 3.8) is 0 Å². The van der Waals surface area contributed by atoms with Crippen LogP contribution in [0.1, 0.15) is 5.56 Å². The third kappa shape index (κ3) is 4.04. The highest BCUT2D eigenvalue weighted by atomic mass is 79.9. The summed E-state index contributed by atoms with van der Waals surface area (Å²) in [6, 6.07) is 11.1. The molecule has 0 amide bonds. The minimum atomic E-state index is 0.366. The molecule has 7 nitrogen and oxygen atoms in total. The first-order valence-electron chi connectivity index (χ1n) is 7.85. The average molecular weight is 449 g/mol. The molecule has 1 heterocycles. The van der Waals surface area contributed by atoms with E-state index >= 15 is 0 Å². The van der Waals surface area contributed by atoms with Crippen molar-refractivity contribution >= 4 is 34.4 Å². The quantitative estimate of drug-likeness (QED) is 0.449. The lowest BCUT2D eigenvalue weighted by Gasteiger charge is -2.09. The molecule has 2 aromatic carbocycles. The Balaban J connectivity index is 2.04.